The second-order valence-electron chi connectivity index (χ2n) is 6.78. The minimum atomic E-state index is -0.207. The van der Waals surface area contributed by atoms with E-state index in [1.54, 1.807) is 6.20 Å². The van der Waals surface area contributed by atoms with Crippen LogP contribution in [0.25, 0.3) is 11.4 Å². The summed E-state index contributed by atoms with van der Waals surface area (Å²) in [4.78, 5) is 6.70. The summed E-state index contributed by atoms with van der Waals surface area (Å²) >= 11 is 0. The SMILES string of the molecule is Fc1ccc(CN2C[C@@H]3OCc4c(-c5ccccn5)nnn4[C@H]3C2)cc1. The predicted octanol–water partition coefficient (Wildman–Crippen LogP) is 2.43. The van der Waals surface area contributed by atoms with E-state index in [2.05, 4.69) is 20.2 Å². The normalized spacial score (nSPS) is 22.2. The molecule has 0 unspecified atom stereocenters. The van der Waals surface area contributed by atoms with Crippen LogP contribution in [0.1, 0.15) is 17.3 Å². The van der Waals surface area contributed by atoms with Crippen LogP contribution in [0.4, 0.5) is 4.39 Å². The zero-order chi connectivity index (χ0) is 17.5. The number of fused-ring (bicyclic) bond motifs is 3. The van der Waals surface area contributed by atoms with Crippen LogP contribution in [0.15, 0.2) is 48.7 Å². The fourth-order valence-electron chi connectivity index (χ4n) is 3.81. The minimum Gasteiger partial charge on any atom is -0.368 e. The van der Waals surface area contributed by atoms with Gasteiger partial charge in [0.2, 0.25) is 0 Å². The molecule has 2 atom stereocenters. The molecule has 3 aromatic rings. The van der Waals surface area contributed by atoms with E-state index in [1.807, 2.05) is 35.0 Å². The number of ether oxygens (including phenoxy) is 1. The Morgan fingerprint density at radius 2 is 2.00 bits per heavy atom. The van der Waals surface area contributed by atoms with Gasteiger partial charge in [-0.15, -0.1) is 5.10 Å². The van der Waals surface area contributed by atoms with Crippen molar-refractivity contribution in [2.75, 3.05) is 13.1 Å². The van der Waals surface area contributed by atoms with Gasteiger partial charge < -0.3 is 4.74 Å². The molecule has 1 saturated heterocycles. The largest absolute Gasteiger partial charge is 0.368 e. The van der Waals surface area contributed by atoms with Crippen molar-refractivity contribution in [1.29, 1.82) is 0 Å². The van der Waals surface area contributed by atoms with Crippen molar-refractivity contribution in [2.45, 2.75) is 25.3 Å². The highest BCUT2D eigenvalue weighted by Crippen LogP contribution is 2.34. The summed E-state index contributed by atoms with van der Waals surface area (Å²) in [6.07, 6.45) is 1.86. The van der Waals surface area contributed by atoms with Gasteiger partial charge >= 0.3 is 0 Å². The van der Waals surface area contributed by atoms with Gasteiger partial charge in [-0.05, 0) is 29.8 Å². The maximum absolute atomic E-state index is 13.1. The van der Waals surface area contributed by atoms with E-state index >= 15 is 0 Å². The molecule has 4 heterocycles. The quantitative estimate of drug-likeness (QED) is 0.725. The third kappa shape index (κ3) is 2.69. The lowest BCUT2D eigenvalue weighted by Crippen LogP contribution is -2.32. The molecule has 2 aliphatic heterocycles. The Bertz CT molecular complexity index is 911. The lowest BCUT2D eigenvalue weighted by Gasteiger charge is -2.26. The second-order valence-corrected chi connectivity index (χ2v) is 6.78. The molecule has 2 aliphatic rings. The number of likely N-dealkylation sites (tertiary alicyclic amines) is 1. The predicted molar refractivity (Wildman–Crippen MR) is 92.5 cm³/mol. The van der Waals surface area contributed by atoms with Gasteiger partial charge in [0, 0.05) is 25.8 Å². The number of halogens is 1. The Hall–Kier alpha value is -2.64. The zero-order valence-electron chi connectivity index (χ0n) is 14.1. The van der Waals surface area contributed by atoms with E-state index in [4.69, 9.17) is 4.74 Å². The van der Waals surface area contributed by atoms with Gasteiger partial charge in [0.25, 0.3) is 0 Å². The molecule has 0 N–H and O–H groups in total. The Balaban J connectivity index is 1.37. The standard InChI is InChI=1S/C19H18FN5O/c20-14-6-4-13(5-7-14)9-24-10-16-18(11-24)26-12-17-19(22-23-25(16)17)15-3-1-2-8-21-15/h1-8,16,18H,9-12H2/t16-,18-/m0/s1. The van der Waals surface area contributed by atoms with Crippen molar-refractivity contribution in [3.05, 3.63) is 65.7 Å². The highest BCUT2D eigenvalue weighted by atomic mass is 19.1. The summed E-state index contributed by atoms with van der Waals surface area (Å²) in [5, 5.41) is 8.76. The van der Waals surface area contributed by atoms with Crippen LogP contribution in [0, 0.1) is 5.82 Å². The first-order valence-corrected chi connectivity index (χ1v) is 8.72. The molecule has 0 amide bonds. The van der Waals surface area contributed by atoms with Gasteiger partial charge in [0.1, 0.15) is 11.5 Å². The summed E-state index contributed by atoms with van der Waals surface area (Å²) in [6.45, 7) is 2.93. The van der Waals surface area contributed by atoms with Crippen molar-refractivity contribution in [3.63, 3.8) is 0 Å². The molecule has 0 bridgehead atoms. The fraction of sp³-hybridized carbons (Fsp3) is 0.316. The van der Waals surface area contributed by atoms with E-state index in [0.29, 0.717) is 6.61 Å². The summed E-state index contributed by atoms with van der Waals surface area (Å²) in [5.41, 5.74) is 3.68. The molecule has 0 spiro atoms. The number of benzene rings is 1. The number of hydrogen-bond acceptors (Lipinski definition) is 5. The van der Waals surface area contributed by atoms with E-state index in [1.165, 1.54) is 12.1 Å². The van der Waals surface area contributed by atoms with E-state index in [-0.39, 0.29) is 18.0 Å². The van der Waals surface area contributed by atoms with Gasteiger partial charge in [-0.2, -0.15) is 0 Å². The molecular formula is C19H18FN5O. The summed E-state index contributed by atoms with van der Waals surface area (Å²) in [5.74, 6) is -0.207. The van der Waals surface area contributed by atoms with Gasteiger partial charge in [0.05, 0.1) is 30.1 Å². The van der Waals surface area contributed by atoms with Gasteiger partial charge in [-0.3, -0.25) is 9.88 Å². The van der Waals surface area contributed by atoms with Crippen LogP contribution in [-0.2, 0) is 17.9 Å². The summed E-state index contributed by atoms with van der Waals surface area (Å²) < 4.78 is 21.2. The lowest BCUT2D eigenvalue weighted by molar-refractivity contribution is -0.00495. The average molecular weight is 351 g/mol. The molecule has 1 aromatic carbocycles. The minimum absolute atomic E-state index is 0.0984. The lowest BCUT2D eigenvalue weighted by atomic mass is 10.1. The molecule has 1 fully saturated rings. The molecular weight excluding hydrogens is 333 g/mol. The van der Waals surface area contributed by atoms with E-state index < -0.39 is 0 Å². The monoisotopic (exact) mass is 351 g/mol. The molecule has 2 aromatic heterocycles. The first-order chi connectivity index (χ1) is 12.8. The Morgan fingerprint density at radius 3 is 2.81 bits per heavy atom. The summed E-state index contributed by atoms with van der Waals surface area (Å²) in [7, 11) is 0. The van der Waals surface area contributed by atoms with Crippen molar-refractivity contribution >= 4 is 0 Å². The Morgan fingerprint density at radius 1 is 1.12 bits per heavy atom. The average Bonchev–Trinajstić information content (AvgIpc) is 3.27. The summed E-state index contributed by atoms with van der Waals surface area (Å²) in [6, 6.07) is 12.6. The number of pyridine rings is 1. The maximum Gasteiger partial charge on any atom is 0.137 e. The molecule has 0 saturated carbocycles. The number of hydrogen-bond donors (Lipinski definition) is 0. The molecule has 5 rings (SSSR count). The topological polar surface area (TPSA) is 56.1 Å². The smallest absolute Gasteiger partial charge is 0.137 e. The molecule has 7 heteroatoms. The van der Waals surface area contributed by atoms with Crippen LogP contribution < -0.4 is 0 Å². The van der Waals surface area contributed by atoms with Gasteiger partial charge in [-0.1, -0.05) is 23.4 Å². The van der Waals surface area contributed by atoms with Gasteiger partial charge in [-0.25, -0.2) is 9.07 Å². The van der Waals surface area contributed by atoms with Crippen LogP contribution in [0.2, 0.25) is 0 Å². The van der Waals surface area contributed by atoms with Crippen molar-refractivity contribution in [1.82, 2.24) is 24.9 Å². The first kappa shape index (κ1) is 15.6. The number of rotatable bonds is 3. The Kier molecular flexibility index (Phi) is 3.76. The van der Waals surface area contributed by atoms with Crippen LogP contribution in [-0.4, -0.2) is 44.1 Å². The van der Waals surface area contributed by atoms with Gasteiger partial charge in [0.15, 0.2) is 0 Å². The molecule has 0 aliphatic carbocycles. The zero-order valence-corrected chi connectivity index (χ0v) is 14.1. The molecule has 26 heavy (non-hydrogen) atoms. The van der Waals surface area contributed by atoms with Crippen molar-refractivity contribution in [3.8, 4) is 11.4 Å². The van der Waals surface area contributed by atoms with Crippen LogP contribution in [0.3, 0.4) is 0 Å². The van der Waals surface area contributed by atoms with Crippen LogP contribution >= 0.6 is 0 Å². The highest BCUT2D eigenvalue weighted by Gasteiger charge is 2.40. The maximum atomic E-state index is 13.1. The third-order valence-corrected chi connectivity index (χ3v) is 5.08. The highest BCUT2D eigenvalue weighted by molar-refractivity contribution is 5.56. The molecule has 0 radical (unpaired) electrons. The number of nitrogens with zero attached hydrogens (tertiary/aromatic N) is 5. The van der Waals surface area contributed by atoms with Crippen molar-refractivity contribution < 1.29 is 9.13 Å². The second kappa shape index (κ2) is 6.26. The van der Waals surface area contributed by atoms with Crippen LogP contribution in [0.5, 0.6) is 0 Å². The first-order valence-electron chi connectivity index (χ1n) is 8.72. The Labute approximate surface area is 150 Å². The van der Waals surface area contributed by atoms with E-state index in [0.717, 1.165) is 42.3 Å². The fourth-order valence-corrected chi connectivity index (χ4v) is 3.81. The van der Waals surface area contributed by atoms with Crippen molar-refractivity contribution in [2.24, 2.45) is 0 Å². The van der Waals surface area contributed by atoms with E-state index in [9.17, 15) is 4.39 Å². The third-order valence-electron chi connectivity index (χ3n) is 5.08. The molecule has 132 valence electrons. The number of aromatic nitrogens is 4. The molecule has 6 nitrogen and oxygen atoms in total.